The van der Waals surface area contributed by atoms with Gasteiger partial charge in [-0.2, -0.15) is 0 Å². The summed E-state index contributed by atoms with van der Waals surface area (Å²) >= 11 is 0. The third-order valence-electron chi connectivity index (χ3n) is 3.66. The standard InChI is InChI=1S/C14H28/c1-13(2)10-8-6-5-7-9-11-14(3,4)12-13/h5-12H2,1-4H3. The molecule has 1 fully saturated rings. The van der Waals surface area contributed by atoms with Crippen molar-refractivity contribution in [3.05, 3.63) is 0 Å². The third kappa shape index (κ3) is 4.48. The maximum absolute atomic E-state index is 2.45. The van der Waals surface area contributed by atoms with Gasteiger partial charge in [-0.05, 0) is 30.1 Å². The third-order valence-corrected chi connectivity index (χ3v) is 3.66. The van der Waals surface area contributed by atoms with E-state index in [1.54, 1.807) is 0 Å². The zero-order valence-electron chi connectivity index (χ0n) is 10.7. The molecule has 0 spiro atoms. The van der Waals surface area contributed by atoms with Gasteiger partial charge in [0.2, 0.25) is 0 Å². The molecule has 0 radical (unpaired) electrons. The first-order valence-corrected chi connectivity index (χ1v) is 6.41. The lowest BCUT2D eigenvalue weighted by Gasteiger charge is -2.36. The molecule has 1 aliphatic rings. The first-order chi connectivity index (χ1) is 6.41. The molecule has 0 N–H and O–H groups in total. The Morgan fingerprint density at radius 3 is 1.36 bits per heavy atom. The lowest BCUT2D eigenvalue weighted by Crippen LogP contribution is -2.23. The number of rotatable bonds is 0. The normalized spacial score (nSPS) is 28.3. The first kappa shape index (κ1) is 12.1. The van der Waals surface area contributed by atoms with Crippen molar-refractivity contribution in [2.75, 3.05) is 0 Å². The highest BCUT2D eigenvalue weighted by Gasteiger charge is 2.28. The summed E-state index contributed by atoms with van der Waals surface area (Å²) in [6.45, 7) is 9.82. The van der Waals surface area contributed by atoms with E-state index < -0.39 is 0 Å². The molecule has 0 nitrogen and oxygen atoms in total. The van der Waals surface area contributed by atoms with E-state index in [1.165, 1.54) is 51.4 Å². The fourth-order valence-corrected chi connectivity index (χ4v) is 3.21. The van der Waals surface area contributed by atoms with Gasteiger partial charge in [-0.15, -0.1) is 0 Å². The number of hydrogen-bond donors (Lipinski definition) is 0. The summed E-state index contributed by atoms with van der Waals surface area (Å²) in [5.74, 6) is 0. The Labute approximate surface area is 90.5 Å². The Balaban J connectivity index is 2.55. The van der Waals surface area contributed by atoms with E-state index in [1.807, 2.05) is 0 Å². The van der Waals surface area contributed by atoms with Gasteiger partial charge < -0.3 is 0 Å². The summed E-state index contributed by atoms with van der Waals surface area (Å²) in [7, 11) is 0. The summed E-state index contributed by atoms with van der Waals surface area (Å²) in [6, 6.07) is 0. The van der Waals surface area contributed by atoms with Crippen molar-refractivity contribution in [1.29, 1.82) is 0 Å². The van der Waals surface area contributed by atoms with Gasteiger partial charge in [-0.1, -0.05) is 59.8 Å². The molecule has 0 unspecified atom stereocenters. The van der Waals surface area contributed by atoms with E-state index in [0.29, 0.717) is 10.8 Å². The maximum Gasteiger partial charge on any atom is -0.0349 e. The molecule has 0 amide bonds. The smallest absolute Gasteiger partial charge is 0.0349 e. The molecule has 0 aliphatic heterocycles. The van der Waals surface area contributed by atoms with Gasteiger partial charge in [0, 0.05) is 0 Å². The van der Waals surface area contributed by atoms with Crippen molar-refractivity contribution in [2.45, 2.75) is 79.1 Å². The highest BCUT2D eigenvalue weighted by atomic mass is 14.3. The Kier molecular flexibility index (Phi) is 4.04. The number of hydrogen-bond acceptors (Lipinski definition) is 0. The van der Waals surface area contributed by atoms with Crippen LogP contribution in [0.2, 0.25) is 0 Å². The van der Waals surface area contributed by atoms with Gasteiger partial charge in [0.1, 0.15) is 0 Å². The molecule has 1 rings (SSSR count). The minimum absolute atomic E-state index is 0.570. The lowest BCUT2D eigenvalue weighted by molar-refractivity contribution is 0.158. The lowest BCUT2D eigenvalue weighted by atomic mass is 9.70. The molecule has 0 aromatic rings. The van der Waals surface area contributed by atoms with Gasteiger partial charge in [-0.25, -0.2) is 0 Å². The van der Waals surface area contributed by atoms with E-state index in [4.69, 9.17) is 0 Å². The van der Waals surface area contributed by atoms with Crippen LogP contribution >= 0.6 is 0 Å². The van der Waals surface area contributed by atoms with E-state index >= 15 is 0 Å². The molecule has 84 valence electrons. The monoisotopic (exact) mass is 196 g/mol. The molecule has 0 bridgehead atoms. The SMILES string of the molecule is CC1(C)CCCCCCCC(C)(C)C1. The second-order valence-electron chi connectivity index (χ2n) is 6.77. The van der Waals surface area contributed by atoms with Gasteiger partial charge >= 0.3 is 0 Å². The summed E-state index contributed by atoms with van der Waals surface area (Å²) in [5.41, 5.74) is 1.14. The summed E-state index contributed by atoms with van der Waals surface area (Å²) in [4.78, 5) is 0. The van der Waals surface area contributed by atoms with E-state index in [0.717, 1.165) is 0 Å². The molecule has 0 heteroatoms. The van der Waals surface area contributed by atoms with Gasteiger partial charge in [-0.3, -0.25) is 0 Å². The quantitative estimate of drug-likeness (QED) is 0.501. The molecule has 0 aromatic carbocycles. The second-order valence-corrected chi connectivity index (χ2v) is 6.77. The molecule has 1 aliphatic carbocycles. The predicted molar refractivity (Wildman–Crippen MR) is 64.5 cm³/mol. The van der Waals surface area contributed by atoms with Crippen LogP contribution in [0.5, 0.6) is 0 Å². The van der Waals surface area contributed by atoms with Crippen molar-refractivity contribution in [2.24, 2.45) is 10.8 Å². The largest absolute Gasteiger partial charge is 0.0599 e. The van der Waals surface area contributed by atoms with Crippen LogP contribution in [-0.4, -0.2) is 0 Å². The van der Waals surface area contributed by atoms with Crippen LogP contribution in [0, 0.1) is 10.8 Å². The van der Waals surface area contributed by atoms with Gasteiger partial charge in [0.05, 0.1) is 0 Å². The minimum Gasteiger partial charge on any atom is -0.0599 e. The van der Waals surface area contributed by atoms with Crippen LogP contribution in [0.3, 0.4) is 0 Å². The molecule has 0 heterocycles. The average molecular weight is 196 g/mol. The van der Waals surface area contributed by atoms with E-state index in [2.05, 4.69) is 27.7 Å². The highest BCUT2D eigenvalue weighted by Crippen LogP contribution is 2.41. The molecule has 0 saturated heterocycles. The van der Waals surface area contributed by atoms with Crippen LogP contribution in [0.4, 0.5) is 0 Å². The zero-order valence-corrected chi connectivity index (χ0v) is 10.7. The van der Waals surface area contributed by atoms with Gasteiger partial charge in [0.25, 0.3) is 0 Å². The summed E-state index contributed by atoms with van der Waals surface area (Å²) in [5, 5.41) is 0. The molecular formula is C14H28. The molecule has 14 heavy (non-hydrogen) atoms. The van der Waals surface area contributed by atoms with E-state index in [-0.39, 0.29) is 0 Å². The average Bonchev–Trinajstić information content (AvgIpc) is 1.99. The van der Waals surface area contributed by atoms with Gasteiger partial charge in [0.15, 0.2) is 0 Å². The van der Waals surface area contributed by atoms with Crippen LogP contribution < -0.4 is 0 Å². The van der Waals surface area contributed by atoms with Crippen molar-refractivity contribution in [1.82, 2.24) is 0 Å². The topological polar surface area (TPSA) is 0 Å². The Hall–Kier alpha value is 0. The second kappa shape index (κ2) is 4.68. The fraction of sp³-hybridized carbons (Fsp3) is 1.00. The minimum atomic E-state index is 0.570. The Morgan fingerprint density at radius 1 is 0.571 bits per heavy atom. The van der Waals surface area contributed by atoms with Crippen molar-refractivity contribution in [3.8, 4) is 0 Å². The maximum atomic E-state index is 2.45. The van der Waals surface area contributed by atoms with Crippen molar-refractivity contribution < 1.29 is 0 Å². The Bertz CT molecular complexity index is 147. The fourth-order valence-electron chi connectivity index (χ4n) is 3.21. The molecule has 0 atom stereocenters. The van der Waals surface area contributed by atoms with Crippen LogP contribution in [0.15, 0.2) is 0 Å². The van der Waals surface area contributed by atoms with Crippen molar-refractivity contribution >= 4 is 0 Å². The first-order valence-electron chi connectivity index (χ1n) is 6.41. The van der Waals surface area contributed by atoms with Crippen LogP contribution in [0.25, 0.3) is 0 Å². The molecular weight excluding hydrogens is 168 g/mol. The predicted octanol–water partition coefficient (Wildman–Crippen LogP) is 5.17. The van der Waals surface area contributed by atoms with Crippen LogP contribution in [0.1, 0.15) is 79.1 Å². The highest BCUT2D eigenvalue weighted by molar-refractivity contribution is 4.80. The zero-order chi connectivity index (χ0) is 10.7. The Morgan fingerprint density at radius 2 is 0.929 bits per heavy atom. The van der Waals surface area contributed by atoms with Crippen LogP contribution in [-0.2, 0) is 0 Å². The molecule has 0 aromatic heterocycles. The van der Waals surface area contributed by atoms with Crippen molar-refractivity contribution in [3.63, 3.8) is 0 Å². The van der Waals surface area contributed by atoms with E-state index in [9.17, 15) is 0 Å². The summed E-state index contributed by atoms with van der Waals surface area (Å²) in [6.07, 6.45) is 11.5. The summed E-state index contributed by atoms with van der Waals surface area (Å²) < 4.78 is 0. The molecule has 1 saturated carbocycles.